The molecule has 0 saturated carbocycles. The van der Waals surface area contributed by atoms with Crippen molar-refractivity contribution in [2.24, 2.45) is 0 Å². The van der Waals surface area contributed by atoms with Gasteiger partial charge in [0.2, 0.25) is 0 Å². The summed E-state index contributed by atoms with van der Waals surface area (Å²) in [5.41, 5.74) is 0. The van der Waals surface area contributed by atoms with Gasteiger partial charge in [-0.15, -0.1) is 0 Å². The lowest BCUT2D eigenvalue weighted by Crippen LogP contribution is -2.28. The van der Waals surface area contributed by atoms with Crippen LogP contribution in [0.2, 0.25) is 0 Å². The molecule has 0 aromatic carbocycles. The summed E-state index contributed by atoms with van der Waals surface area (Å²) >= 11 is 0. The Morgan fingerprint density at radius 3 is 0.833 bits per heavy atom. The average molecular weight is 1090 g/mol. The molecular formula is C73H130O5. The van der Waals surface area contributed by atoms with Gasteiger partial charge in [0.25, 0.3) is 0 Å². The minimum Gasteiger partial charge on any atom is -0.462 e. The van der Waals surface area contributed by atoms with Crippen LogP contribution in [0.3, 0.4) is 0 Å². The highest BCUT2D eigenvalue weighted by atomic mass is 16.6. The Kier molecular flexibility index (Phi) is 65.8. The number of carbonyl (C=O) groups is 2. The highest BCUT2D eigenvalue weighted by Crippen LogP contribution is 2.18. The molecule has 0 aliphatic heterocycles. The minimum atomic E-state index is -0.775. The van der Waals surface area contributed by atoms with E-state index in [1.807, 2.05) is 0 Å². The molecule has 0 saturated heterocycles. The van der Waals surface area contributed by atoms with Crippen LogP contribution in [0.15, 0.2) is 85.1 Å². The molecule has 0 heterocycles. The molecule has 1 N–H and O–H groups in total. The van der Waals surface area contributed by atoms with Gasteiger partial charge in [0.15, 0.2) is 6.10 Å². The largest absolute Gasteiger partial charge is 0.462 e. The van der Waals surface area contributed by atoms with Crippen LogP contribution >= 0.6 is 0 Å². The van der Waals surface area contributed by atoms with Crippen molar-refractivity contribution in [2.75, 3.05) is 13.2 Å². The van der Waals surface area contributed by atoms with Crippen LogP contribution in [0.1, 0.15) is 348 Å². The normalized spacial score (nSPS) is 12.7. The van der Waals surface area contributed by atoms with E-state index in [0.717, 1.165) is 77.0 Å². The molecule has 1 atom stereocenters. The van der Waals surface area contributed by atoms with Crippen molar-refractivity contribution in [1.82, 2.24) is 0 Å². The lowest BCUT2D eigenvalue weighted by atomic mass is 10.0. The number of ether oxygens (including phenoxy) is 2. The molecular weight excluding hydrogens is 957 g/mol. The Hall–Kier alpha value is -2.92. The van der Waals surface area contributed by atoms with Crippen molar-refractivity contribution in [3.8, 4) is 0 Å². The van der Waals surface area contributed by atoms with Crippen LogP contribution in [0, 0.1) is 0 Å². The zero-order valence-corrected chi connectivity index (χ0v) is 51.9. The molecule has 0 rings (SSSR count). The van der Waals surface area contributed by atoms with Crippen molar-refractivity contribution in [1.29, 1.82) is 0 Å². The number of aliphatic hydroxyl groups excluding tert-OH is 1. The molecule has 0 radical (unpaired) electrons. The van der Waals surface area contributed by atoms with Crippen molar-refractivity contribution in [3.05, 3.63) is 85.1 Å². The maximum Gasteiger partial charge on any atom is 0.306 e. The van der Waals surface area contributed by atoms with Crippen LogP contribution < -0.4 is 0 Å². The molecule has 5 nitrogen and oxygen atoms in total. The first kappa shape index (κ1) is 75.1. The van der Waals surface area contributed by atoms with E-state index in [-0.39, 0.29) is 25.2 Å². The summed E-state index contributed by atoms with van der Waals surface area (Å²) in [7, 11) is 0. The Morgan fingerprint density at radius 2 is 0.551 bits per heavy atom. The fraction of sp³-hybridized carbons (Fsp3) is 0.781. The van der Waals surface area contributed by atoms with Crippen LogP contribution in [0.25, 0.3) is 0 Å². The fourth-order valence-corrected chi connectivity index (χ4v) is 10.1. The highest BCUT2D eigenvalue weighted by Gasteiger charge is 2.16. The molecule has 0 aliphatic carbocycles. The Balaban J connectivity index is 3.43. The smallest absolute Gasteiger partial charge is 0.306 e. The maximum absolute atomic E-state index is 12.4. The van der Waals surface area contributed by atoms with E-state index in [1.165, 1.54) is 244 Å². The van der Waals surface area contributed by atoms with E-state index in [0.29, 0.717) is 12.8 Å². The minimum absolute atomic E-state index is 0.0642. The maximum atomic E-state index is 12.4. The lowest BCUT2D eigenvalue weighted by molar-refractivity contribution is -0.161. The zero-order valence-electron chi connectivity index (χ0n) is 51.9. The first-order valence-corrected chi connectivity index (χ1v) is 34.1. The molecule has 78 heavy (non-hydrogen) atoms. The summed E-state index contributed by atoms with van der Waals surface area (Å²) in [4.78, 5) is 24.6. The van der Waals surface area contributed by atoms with Gasteiger partial charge >= 0.3 is 11.9 Å². The van der Waals surface area contributed by atoms with E-state index in [2.05, 4.69) is 98.9 Å². The average Bonchev–Trinajstić information content (AvgIpc) is 3.44. The second-order valence-corrected chi connectivity index (χ2v) is 22.9. The van der Waals surface area contributed by atoms with Gasteiger partial charge in [-0.2, -0.15) is 0 Å². The summed E-state index contributed by atoms with van der Waals surface area (Å²) in [6.45, 7) is 4.06. The molecule has 0 bridgehead atoms. The second kappa shape index (κ2) is 68.4. The van der Waals surface area contributed by atoms with Crippen molar-refractivity contribution in [3.63, 3.8) is 0 Å². The van der Waals surface area contributed by atoms with Crippen LogP contribution in [-0.4, -0.2) is 36.4 Å². The molecule has 0 amide bonds. The molecule has 0 aromatic rings. The van der Waals surface area contributed by atoms with Gasteiger partial charge in [-0.1, -0.05) is 330 Å². The first-order chi connectivity index (χ1) is 38.6. The van der Waals surface area contributed by atoms with E-state index in [4.69, 9.17) is 9.47 Å². The highest BCUT2D eigenvalue weighted by molar-refractivity contribution is 5.70. The predicted octanol–water partition coefficient (Wildman–Crippen LogP) is 23.7. The summed E-state index contributed by atoms with van der Waals surface area (Å²) in [6, 6.07) is 0. The van der Waals surface area contributed by atoms with Crippen molar-refractivity contribution < 1.29 is 24.2 Å². The van der Waals surface area contributed by atoms with Gasteiger partial charge in [-0.3, -0.25) is 9.59 Å². The van der Waals surface area contributed by atoms with Gasteiger partial charge < -0.3 is 14.6 Å². The van der Waals surface area contributed by atoms with Gasteiger partial charge in [0.1, 0.15) is 6.61 Å². The van der Waals surface area contributed by atoms with E-state index in [9.17, 15) is 14.7 Å². The lowest BCUT2D eigenvalue weighted by Gasteiger charge is -2.15. The van der Waals surface area contributed by atoms with Crippen LogP contribution in [-0.2, 0) is 19.1 Å². The van der Waals surface area contributed by atoms with Gasteiger partial charge in [0, 0.05) is 12.8 Å². The van der Waals surface area contributed by atoms with Gasteiger partial charge in [0.05, 0.1) is 6.61 Å². The zero-order chi connectivity index (χ0) is 56.2. The Morgan fingerprint density at radius 1 is 0.308 bits per heavy atom. The predicted molar refractivity (Wildman–Crippen MR) is 343 cm³/mol. The van der Waals surface area contributed by atoms with E-state index >= 15 is 0 Å². The van der Waals surface area contributed by atoms with Crippen LogP contribution in [0.5, 0.6) is 0 Å². The third-order valence-electron chi connectivity index (χ3n) is 15.2. The molecule has 0 aliphatic rings. The summed E-state index contributed by atoms with van der Waals surface area (Å²) in [6.07, 6.45) is 96.1. The molecule has 0 fully saturated rings. The van der Waals surface area contributed by atoms with Crippen LogP contribution in [0.4, 0.5) is 0 Å². The number of esters is 2. The van der Waals surface area contributed by atoms with Gasteiger partial charge in [-0.05, 0) is 89.9 Å². The summed E-state index contributed by atoms with van der Waals surface area (Å²) in [5, 5.41) is 9.70. The molecule has 0 aromatic heterocycles. The number of unbranched alkanes of at least 4 members (excludes halogenated alkanes) is 41. The second-order valence-electron chi connectivity index (χ2n) is 22.9. The van der Waals surface area contributed by atoms with Crippen molar-refractivity contribution in [2.45, 2.75) is 354 Å². The van der Waals surface area contributed by atoms with Crippen molar-refractivity contribution >= 4 is 11.9 Å². The standard InChI is InChI=1S/C73H130O5/c1-3-5-7-9-11-13-15-17-19-21-23-25-27-29-31-33-35-36-38-39-41-43-45-47-49-51-53-55-57-59-61-63-65-67-72(75)77-70-71(69-74)78-73(76)68-66-64-62-60-58-56-54-52-50-48-46-44-42-40-37-34-32-30-28-26-24-22-20-18-16-14-12-10-8-6-4-2/h6,8,12,14-15,17-18,20-21,23-24,26,30,32,71,74H,3-5,7,9-11,13,16,19,22,25,27-29,31,33-70H2,1-2H3/b8-6-,14-12-,17-15-,20-18-,23-21-,26-24-,32-30-. The number of rotatable bonds is 63. The molecule has 452 valence electrons. The first-order valence-electron chi connectivity index (χ1n) is 34.1. The molecule has 0 spiro atoms. The topological polar surface area (TPSA) is 72.8 Å². The number of carbonyl (C=O) groups excluding carboxylic acids is 2. The number of hydrogen-bond acceptors (Lipinski definition) is 5. The quantitative estimate of drug-likeness (QED) is 0.0373. The Labute approximate surface area is 486 Å². The van der Waals surface area contributed by atoms with Gasteiger partial charge in [-0.25, -0.2) is 0 Å². The molecule has 1 unspecified atom stereocenters. The number of hydrogen-bond donors (Lipinski definition) is 1. The third kappa shape index (κ3) is 65.6. The number of allylic oxidation sites excluding steroid dienone is 14. The summed E-state index contributed by atoms with van der Waals surface area (Å²) in [5.74, 6) is -0.576. The monoisotopic (exact) mass is 1090 g/mol. The third-order valence-corrected chi connectivity index (χ3v) is 15.2. The SMILES string of the molecule is CC/C=C\C/C=C\C/C=C\C/C=C\C/C=C\CCCCCCCCCCCCCCCCCC(=O)OC(CO)COC(=O)CCCCCCCCCCCCCCCCCCCCCCC/C=C\C/C=C\CCCCCCC. The summed E-state index contributed by atoms with van der Waals surface area (Å²) < 4.78 is 10.8. The number of aliphatic hydroxyl groups is 1. The fourth-order valence-electron chi connectivity index (χ4n) is 10.1. The molecule has 5 heteroatoms. The van der Waals surface area contributed by atoms with E-state index in [1.54, 1.807) is 0 Å². The Bertz CT molecular complexity index is 1420. The van der Waals surface area contributed by atoms with E-state index < -0.39 is 6.10 Å².